The Kier molecular flexibility index (Phi) is 6.62. The van der Waals surface area contributed by atoms with Crippen LogP contribution in [0.3, 0.4) is 0 Å². The van der Waals surface area contributed by atoms with E-state index in [9.17, 15) is 4.79 Å². The van der Waals surface area contributed by atoms with E-state index in [1.807, 2.05) is 31.2 Å². The Bertz CT molecular complexity index is 829. The van der Waals surface area contributed by atoms with Gasteiger partial charge in [0, 0.05) is 5.70 Å². The molecule has 1 aromatic carbocycles. The van der Waals surface area contributed by atoms with Gasteiger partial charge >= 0.3 is 5.97 Å². The van der Waals surface area contributed by atoms with Crippen molar-refractivity contribution in [1.82, 2.24) is 20.2 Å². The Morgan fingerprint density at radius 2 is 1.93 bits per heavy atom. The zero-order valence-corrected chi connectivity index (χ0v) is 16.6. The largest absolute Gasteiger partial charge is 0.497 e. The summed E-state index contributed by atoms with van der Waals surface area (Å²) in [5, 5.41) is 14.9. The lowest BCUT2D eigenvalue weighted by Crippen LogP contribution is -2.29. The summed E-state index contributed by atoms with van der Waals surface area (Å²) in [6.45, 7) is 4.43. The fraction of sp³-hybridized carbons (Fsp3) is 0.500. The third-order valence-electron chi connectivity index (χ3n) is 4.85. The quantitative estimate of drug-likeness (QED) is 0.522. The van der Waals surface area contributed by atoms with Gasteiger partial charge in [-0.2, -0.15) is 4.68 Å². The average Bonchev–Trinajstić information content (AvgIpc) is 3.17. The van der Waals surface area contributed by atoms with Gasteiger partial charge in [0.15, 0.2) is 0 Å². The van der Waals surface area contributed by atoms with E-state index in [0.29, 0.717) is 23.8 Å². The van der Waals surface area contributed by atoms with E-state index in [1.54, 1.807) is 11.8 Å². The molecule has 0 aliphatic carbocycles. The van der Waals surface area contributed by atoms with Crippen LogP contribution in [0.5, 0.6) is 5.75 Å². The molecular formula is C20H27N5O3. The van der Waals surface area contributed by atoms with Crippen molar-refractivity contribution < 1.29 is 14.3 Å². The van der Waals surface area contributed by atoms with Gasteiger partial charge in [-0.15, -0.1) is 0 Å². The summed E-state index contributed by atoms with van der Waals surface area (Å²) in [5.41, 5.74) is 2.09. The van der Waals surface area contributed by atoms with Gasteiger partial charge in [0.25, 0.3) is 0 Å². The highest BCUT2D eigenvalue weighted by atomic mass is 16.5. The highest BCUT2D eigenvalue weighted by Gasteiger charge is 2.34. The number of benzene rings is 1. The molecule has 0 saturated heterocycles. The molecule has 8 heteroatoms. The van der Waals surface area contributed by atoms with Gasteiger partial charge < -0.3 is 14.8 Å². The van der Waals surface area contributed by atoms with Crippen LogP contribution in [0, 0.1) is 0 Å². The third-order valence-corrected chi connectivity index (χ3v) is 4.85. The van der Waals surface area contributed by atoms with Crippen LogP contribution in [-0.2, 0) is 9.53 Å². The number of methoxy groups -OCH3 is 1. The second-order valence-corrected chi connectivity index (χ2v) is 6.84. The van der Waals surface area contributed by atoms with Gasteiger partial charge in [-0.1, -0.05) is 49.8 Å². The van der Waals surface area contributed by atoms with Crippen molar-refractivity contribution in [2.24, 2.45) is 0 Å². The number of anilines is 1. The van der Waals surface area contributed by atoms with E-state index in [4.69, 9.17) is 9.47 Å². The second-order valence-electron chi connectivity index (χ2n) is 6.84. The van der Waals surface area contributed by atoms with Gasteiger partial charge in [-0.05, 0) is 41.5 Å². The fourth-order valence-electron chi connectivity index (χ4n) is 3.32. The predicted octanol–water partition coefficient (Wildman–Crippen LogP) is 3.48. The van der Waals surface area contributed by atoms with E-state index in [0.717, 1.165) is 24.2 Å². The van der Waals surface area contributed by atoms with Gasteiger partial charge in [-0.25, -0.2) is 4.79 Å². The number of esters is 1. The summed E-state index contributed by atoms with van der Waals surface area (Å²) in [7, 11) is 1.62. The van der Waals surface area contributed by atoms with Gasteiger partial charge in [0.2, 0.25) is 5.95 Å². The number of rotatable bonds is 9. The molecule has 0 amide bonds. The summed E-state index contributed by atoms with van der Waals surface area (Å²) in [5.74, 6) is 0.892. The Hall–Kier alpha value is -2.90. The molecule has 0 radical (unpaired) electrons. The van der Waals surface area contributed by atoms with Crippen molar-refractivity contribution >= 4 is 11.9 Å². The first-order valence-corrected chi connectivity index (χ1v) is 9.72. The lowest BCUT2D eigenvalue weighted by molar-refractivity contribution is -0.139. The highest BCUT2D eigenvalue weighted by Crippen LogP contribution is 2.35. The van der Waals surface area contributed by atoms with E-state index < -0.39 is 6.04 Å². The molecule has 1 atom stereocenters. The van der Waals surface area contributed by atoms with Crippen LogP contribution in [0.15, 0.2) is 35.5 Å². The first-order valence-electron chi connectivity index (χ1n) is 9.72. The van der Waals surface area contributed by atoms with Crippen LogP contribution in [0.25, 0.3) is 0 Å². The Morgan fingerprint density at radius 1 is 1.18 bits per heavy atom. The molecule has 0 fully saturated rings. The normalized spacial score (nSPS) is 15.8. The van der Waals surface area contributed by atoms with Crippen molar-refractivity contribution in [3.63, 3.8) is 0 Å². The number of carbonyl (C=O) groups excluding carboxylic acids is 1. The van der Waals surface area contributed by atoms with Gasteiger partial charge in [0.1, 0.15) is 11.8 Å². The number of aromatic nitrogens is 4. The number of hydrogen-bond donors (Lipinski definition) is 1. The van der Waals surface area contributed by atoms with Crippen molar-refractivity contribution in [2.75, 3.05) is 19.0 Å². The molecular weight excluding hydrogens is 358 g/mol. The summed E-state index contributed by atoms with van der Waals surface area (Å²) in [6.07, 6.45) is 5.50. The van der Waals surface area contributed by atoms with Crippen LogP contribution in [0.1, 0.15) is 57.6 Å². The summed E-state index contributed by atoms with van der Waals surface area (Å²) >= 11 is 0. The number of fused-ring (bicyclic) bond motifs is 1. The van der Waals surface area contributed by atoms with E-state index in [-0.39, 0.29) is 5.97 Å². The van der Waals surface area contributed by atoms with Crippen LogP contribution < -0.4 is 10.1 Å². The number of hydrogen-bond acceptors (Lipinski definition) is 7. The second kappa shape index (κ2) is 9.34. The third kappa shape index (κ3) is 4.32. The first kappa shape index (κ1) is 19.9. The molecule has 2 aromatic rings. The minimum absolute atomic E-state index is 0.345. The molecule has 28 heavy (non-hydrogen) atoms. The standard InChI is InChI=1S/C20H27N5O3/c1-4-5-6-7-8-13-28-19(26)17-14(2)21-20-22-23-24-25(20)18(17)15-9-11-16(27-3)12-10-15/h9-12,18H,4-8,13H2,1-3H3,(H,21,22,24)/t18-/m0/s1. The first-order chi connectivity index (χ1) is 13.7. The lowest BCUT2D eigenvalue weighted by Gasteiger charge is -2.27. The summed E-state index contributed by atoms with van der Waals surface area (Å²) in [4.78, 5) is 12.9. The van der Waals surface area contributed by atoms with Crippen molar-refractivity contribution in [3.8, 4) is 5.75 Å². The molecule has 3 rings (SSSR count). The zero-order chi connectivity index (χ0) is 19.9. The Balaban J connectivity index is 1.79. The number of unbranched alkanes of at least 4 members (excludes halogenated alkanes) is 4. The zero-order valence-electron chi connectivity index (χ0n) is 16.6. The Morgan fingerprint density at radius 3 is 2.64 bits per heavy atom. The molecule has 2 heterocycles. The lowest BCUT2D eigenvalue weighted by atomic mass is 9.96. The maximum atomic E-state index is 12.9. The molecule has 150 valence electrons. The summed E-state index contributed by atoms with van der Waals surface area (Å²) in [6, 6.07) is 7.07. The van der Waals surface area contributed by atoms with E-state index in [2.05, 4.69) is 27.8 Å². The van der Waals surface area contributed by atoms with Crippen LogP contribution in [0.4, 0.5) is 5.95 Å². The van der Waals surface area contributed by atoms with Gasteiger partial charge in [-0.3, -0.25) is 0 Å². The molecule has 1 aliphatic rings. The summed E-state index contributed by atoms with van der Waals surface area (Å²) < 4.78 is 12.4. The van der Waals surface area contributed by atoms with E-state index in [1.165, 1.54) is 19.3 Å². The molecule has 0 spiro atoms. The van der Waals surface area contributed by atoms with Crippen LogP contribution in [-0.4, -0.2) is 39.9 Å². The van der Waals surface area contributed by atoms with Crippen LogP contribution in [0.2, 0.25) is 0 Å². The molecule has 8 nitrogen and oxygen atoms in total. The Labute approximate surface area is 164 Å². The topological polar surface area (TPSA) is 91.2 Å². The van der Waals surface area contributed by atoms with Crippen LogP contribution >= 0.6 is 0 Å². The number of allylic oxidation sites excluding steroid dienone is 1. The highest BCUT2D eigenvalue weighted by molar-refractivity contribution is 5.92. The molecule has 1 N–H and O–H groups in total. The minimum Gasteiger partial charge on any atom is -0.497 e. The predicted molar refractivity (Wildman–Crippen MR) is 105 cm³/mol. The number of carbonyl (C=O) groups is 1. The number of ether oxygens (including phenoxy) is 2. The molecule has 0 saturated carbocycles. The van der Waals surface area contributed by atoms with Crippen molar-refractivity contribution in [2.45, 2.75) is 52.0 Å². The van der Waals surface area contributed by atoms with Crippen molar-refractivity contribution in [3.05, 3.63) is 41.1 Å². The van der Waals surface area contributed by atoms with Gasteiger partial charge in [0.05, 0.1) is 19.3 Å². The number of nitrogens with one attached hydrogen (secondary N) is 1. The monoisotopic (exact) mass is 385 g/mol. The number of tetrazole rings is 1. The molecule has 1 aliphatic heterocycles. The van der Waals surface area contributed by atoms with E-state index >= 15 is 0 Å². The molecule has 0 bridgehead atoms. The molecule has 1 aromatic heterocycles. The molecule has 0 unspecified atom stereocenters. The minimum atomic E-state index is -0.454. The SMILES string of the molecule is CCCCCCCOC(=O)C1=C(C)Nc2nnnn2[C@H]1c1ccc(OC)cc1. The maximum absolute atomic E-state index is 12.9. The average molecular weight is 385 g/mol. The fourth-order valence-corrected chi connectivity index (χ4v) is 3.32. The number of nitrogens with zero attached hydrogens (tertiary/aromatic N) is 4. The maximum Gasteiger partial charge on any atom is 0.338 e. The smallest absolute Gasteiger partial charge is 0.338 e. The van der Waals surface area contributed by atoms with Crippen molar-refractivity contribution in [1.29, 1.82) is 0 Å².